The second kappa shape index (κ2) is 6.00. The average molecular weight is 307 g/mol. The van der Waals surface area contributed by atoms with Crippen molar-refractivity contribution in [2.75, 3.05) is 0 Å². The molecule has 21 heavy (non-hydrogen) atoms. The first-order valence-corrected chi connectivity index (χ1v) is 9.51. The molecular weight excluding hydrogens is 276 g/mol. The van der Waals surface area contributed by atoms with Crippen LogP contribution in [0.3, 0.4) is 0 Å². The van der Waals surface area contributed by atoms with Crippen LogP contribution < -0.4 is 5.32 Å². The predicted octanol–water partition coefficient (Wildman–Crippen LogP) is 4.89. The lowest BCUT2D eigenvalue weighted by atomic mass is 9.89. The van der Waals surface area contributed by atoms with Crippen LogP contribution in [0, 0.1) is 11.8 Å². The molecule has 0 spiro atoms. The van der Waals surface area contributed by atoms with Gasteiger partial charge in [0.15, 0.2) is 0 Å². The summed E-state index contributed by atoms with van der Waals surface area (Å²) < 4.78 is 0. The minimum absolute atomic E-state index is 0.181. The molecule has 3 unspecified atom stereocenters. The Morgan fingerprint density at radius 1 is 1.24 bits per heavy atom. The van der Waals surface area contributed by atoms with E-state index in [1.807, 2.05) is 11.3 Å². The van der Waals surface area contributed by atoms with E-state index in [1.54, 1.807) is 0 Å². The Balaban J connectivity index is 1.76. The number of thiazole rings is 1. The van der Waals surface area contributed by atoms with Gasteiger partial charge in [-0.25, -0.2) is 4.98 Å². The van der Waals surface area contributed by atoms with Crippen molar-refractivity contribution in [3.05, 3.63) is 15.6 Å². The number of fused-ring (bicyclic) bond motifs is 2. The van der Waals surface area contributed by atoms with Gasteiger partial charge in [0.1, 0.15) is 0 Å². The number of hydrogen-bond donors (Lipinski definition) is 1. The van der Waals surface area contributed by atoms with E-state index in [9.17, 15) is 0 Å². The number of aromatic nitrogens is 1. The van der Waals surface area contributed by atoms with Crippen LogP contribution in [-0.4, -0.2) is 10.5 Å². The molecule has 2 bridgehead atoms. The highest BCUT2D eigenvalue weighted by atomic mass is 32.1. The lowest BCUT2D eigenvalue weighted by molar-refractivity contribution is 0.418. The van der Waals surface area contributed by atoms with Crippen LogP contribution in [0.25, 0.3) is 0 Å². The highest BCUT2D eigenvalue weighted by molar-refractivity contribution is 7.11. The van der Waals surface area contributed by atoms with Crippen LogP contribution in [-0.2, 0) is 13.0 Å². The van der Waals surface area contributed by atoms with Gasteiger partial charge in [0.2, 0.25) is 0 Å². The summed E-state index contributed by atoms with van der Waals surface area (Å²) >= 11 is 2.00. The van der Waals surface area contributed by atoms with Crippen LogP contribution in [0.1, 0.15) is 81.3 Å². The molecule has 1 heterocycles. The standard InChI is InChI=1S/C18H30N2S/c1-5-6-15-16(11-19-18(2,3)4)21-17(20-15)14-10-12-7-8-13(14)9-12/h12-14,19H,5-11H2,1-4H3. The van der Waals surface area contributed by atoms with Crippen molar-refractivity contribution in [1.29, 1.82) is 0 Å². The van der Waals surface area contributed by atoms with Crippen molar-refractivity contribution >= 4 is 11.3 Å². The van der Waals surface area contributed by atoms with Crippen molar-refractivity contribution in [3.8, 4) is 0 Å². The monoisotopic (exact) mass is 306 g/mol. The van der Waals surface area contributed by atoms with Gasteiger partial charge in [0, 0.05) is 22.9 Å². The highest BCUT2D eigenvalue weighted by Crippen LogP contribution is 2.53. The maximum absolute atomic E-state index is 5.08. The first kappa shape index (κ1) is 15.5. The van der Waals surface area contributed by atoms with Gasteiger partial charge in [-0.15, -0.1) is 11.3 Å². The summed E-state index contributed by atoms with van der Waals surface area (Å²) in [4.78, 5) is 6.57. The molecule has 3 heteroatoms. The fraction of sp³-hybridized carbons (Fsp3) is 0.833. The van der Waals surface area contributed by atoms with Crippen LogP contribution in [0.2, 0.25) is 0 Å². The van der Waals surface area contributed by atoms with E-state index in [4.69, 9.17) is 4.98 Å². The van der Waals surface area contributed by atoms with E-state index in [0.717, 1.165) is 30.7 Å². The molecule has 2 saturated carbocycles. The number of nitrogens with zero attached hydrogens (tertiary/aromatic N) is 1. The summed E-state index contributed by atoms with van der Waals surface area (Å²) in [6.45, 7) is 9.97. The maximum Gasteiger partial charge on any atom is 0.0965 e. The van der Waals surface area contributed by atoms with Gasteiger partial charge in [0.25, 0.3) is 0 Å². The second-order valence-corrected chi connectivity index (χ2v) is 9.17. The summed E-state index contributed by atoms with van der Waals surface area (Å²) in [6, 6.07) is 0. The molecule has 1 aromatic rings. The first-order chi connectivity index (χ1) is 9.96. The topological polar surface area (TPSA) is 24.9 Å². The minimum Gasteiger partial charge on any atom is -0.307 e. The van der Waals surface area contributed by atoms with Crippen molar-refractivity contribution in [2.24, 2.45) is 11.8 Å². The highest BCUT2D eigenvalue weighted by Gasteiger charge is 2.41. The Labute approximate surface area is 133 Å². The molecular formula is C18H30N2S. The van der Waals surface area contributed by atoms with Crippen molar-refractivity contribution in [3.63, 3.8) is 0 Å². The van der Waals surface area contributed by atoms with Gasteiger partial charge in [0.05, 0.1) is 10.7 Å². The smallest absolute Gasteiger partial charge is 0.0965 e. The first-order valence-electron chi connectivity index (χ1n) is 8.69. The van der Waals surface area contributed by atoms with Crippen LogP contribution in [0.5, 0.6) is 0 Å². The molecule has 1 aromatic heterocycles. The molecule has 2 aliphatic carbocycles. The Kier molecular flexibility index (Phi) is 4.42. The fourth-order valence-electron chi connectivity index (χ4n) is 4.02. The molecule has 0 saturated heterocycles. The van der Waals surface area contributed by atoms with Crippen LogP contribution in [0.4, 0.5) is 0 Å². The lowest BCUT2D eigenvalue weighted by Crippen LogP contribution is -2.35. The van der Waals surface area contributed by atoms with E-state index in [-0.39, 0.29) is 5.54 Å². The quantitative estimate of drug-likeness (QED) is 0.838. The largest absolute Gasteiger partial charge is 0.307 e. The Bertz CT molecular complexity index is 486. The molecule has 3 rings (SSSR count). The van der Waals surface area contributed by atoms with E-state index >= 15 is 0 Å². The minimum atomic E-state index is 0.181. The van der Waals surface area contributed by atoms with E-state index in [0.29, 0.717) is 0 Å². The van der Waals surface area contributed by atoms with Gasteiger partial charge in [-0.2, -0.15) is 0 Å². The molecule has 0 aliphatic heterocycles. The molecule has 2 fully saturated rings. The van der Waals surface area contributed by atoms with E-state index in [2.05, 4.69) is 33.0 Å². The van der Waals surface area contributed by atoms with Crippen LogP contribution >= 0.6 is 11.3 Å². The number of hydrogen-bond acceptors (Lipinski definition) is 3. The van der Waals surface area contributed by atoms with Gasteiger partial charge in [-0.05, 0) is 58.3 Å². The van der Waals surface area contributed by atoms with Gasteiger partial charge in [-0.1, -0.05) is 19.8 Å². The Hall–Kier alpha value is -0.410. The second-order valence-electron chi connectivity index (χ2n) is 8.06. The van der Waals surface area contributed by atoms with Gasteiger partial charge < -0.3 is 5.32 Å². The molecule has 0 radical (unpaired) electrons. The van der Waals surface area contributed by atoms with Crippen molar-refractivity contribution in [1.82, 2.24) is 10.3 Å². The maximum atomic E-state index is 5.08. The SMILES string of the molecule is CCCc1nc(C2CC3CCC2C3)sc1CNC(C)(C)C. The molecule has 2 aliphatic rings. The fourth-order valence-corrected chi connectivity index (χ4v) is 5.28. The summed E-state index contributed by atoms with van der Waals surface area (Å²) in [7, 11) is 0. The number of nitrogens with one attached hydrogen (secondary N) is 1. The van der Waals surface area contributed by atoms with Gasteiger partial charge in [-0.3, -0.25) is 0 Å². The molecule has 118 valence electrons. The number of rotatable bonds is 5. The lowest BCUT2D eigenvalue weighted by Gasteiger charge is -2.20. The zero-order valence-corrected chi connectivity index (χ0v) is 14.9. The Morgan fingerprint density at radius 3 is 2.62 bits per heavy atom. The normalized spacial score (nSPS) is 28.5. The third-order valence-corrected chi connectivity index (χ3v) is 6.35. The van der Waals surface area contributed by atoms with Crippen LogP contribution in [0.15, 0.2) is 0 Å². The average Bonchev–Trinajstić information content (AvgIpc) is 3.10. The molecule has 0 aromatic carbocycles. The van der Waals surface area contributed by atoms with E-state index < -0.39 is 0 Å². The summed E-state index contributed by atoms with van der Waals surface area (Å²) in [5.41, 5.74) is 1.55. The summed E-state index contributed by atoms with van der Waals surface area (Å²) in [6.07, 6.45) is 8.15. The molecule has 0 amide bonds. The van der Waals surface area contributed by atoms with Gasteiger partial charge >= 0.3 is 0 Å². The van der Waals surface area contributed by atoms with E-state index in [1.165, 1.54) is 47.7 Å². The predicted molar refractivity (Wildman–Crippen MR) is 90.9 cm³/mol. The zero-order valence-electron chi connectivity index (χ0n) is 14.0. The third kappa shape index (κ3) is 3.50. The summed E-state index contributed by atoms with van der Waals surface area (Å²) in [5, 5.41) is 5.10. The molecule has 3 atom stereocenters. The third-order valence-electron chi connectivity index (χ3n) is 5.12. The van der Waals surface area contributed by atoms with Crippen molar-refractivity contribution < 1.29 is 0 Å². The Morgan fingerprint density at radius 2 is 2.05 bits per heavy atom. The zero-order chi connectivity index (χ0) is 15.0. The van der Waals surface area contributed by atoms with Crippen molar-refractivity contribution in [2.45, 2.75) is 84.2 Å². The summed E-state index contributed by atoms with van der Waals surface area (Å²) in [5.74, 6) is 2.74. The molecule has 2 nitrogen and oxygen atoms in total. The number of aryl methyl sites for hydroxylation is 1. The molecule has 1 N–H and O–H groups in total.